The molecule has 4 nitrogen and oxygen atoms in total. The van der Waals surface area contributed by atoms with E-state index in [4.69, 9.17) is 0 Å². The number of halogens is 1. The predicted octanol–water partition coefficient (Wildman–Crippen LogP) is 2.08. The average molecular weight is 233 g/mol. The van der Waals surface area contributed by atoms with Crippen molar-refractivity contribution >= 4 is 12.4 Å². The first kappa shape index (κ1) is 14.9. The average Bonchev–Trinajstić information content (AvgIpc) is 2.39. The van der Waals surface area contributed by atoms with Crippen molar-refractivity contribution in [3.63, 3.8) is 0 Å². The number of alkyl carbamates (subject to hydrolysis) is 1. The molecule has 0 saturated heterocycles. The van der Waals surface area contributed by atoms with E-state index < -0.39 is 6.09 Å². The van der Waals surface area contributed by atoms with Crippen LogP contribution in [-0.2, 0) is 9.53 Å². The van der Waals surface area contributed by atoms with Crippen LogP contribution in [0, 0.1) is 5.92 Å². The molecule has 0 aromatic heterocycles. The molecule has 1 aliphatic carbocycles. The van der Waals surface area contributed by atoms with Gasteiger partial charge >= 0.3 is 6.09 Å². The van der Waals surface area contributed by atoms with Crippen molar-refractivity contribution in [1.82, 2.24) is 5.32 Å². The highest BCUT2D eigenvalue weighted by atomic mass is 19.1. The van der Waals surface area contributed by atoms with Crippen LogP contribution in [0.4, 0.5) is 9.18 Å². The molecule has 16 heavy (non-hydrogen) atoms. The third kappa shape index (κ3) is 5.09. The zero-order valence-corrected chi connectivity index (χ0v) is 9.87. The van der Waals surface area contributed by atoms with Gasteiger partial charge in [0.2, 0.25) is 0 Å². The Morgan fingerprint density at radius 3 is 2.38 bits per heavy atom. The number of nitrogens with one attached hydrogen (secondary N) is 1. The Morgan fingerprint density at radius 2 is 1.94 bits per heavy atom. The number of carbonyl (C=O) groups excluding carboxylic acids is 2. The summed E-state index contributed by atoms with van der Waals surface area (Å²) in [7, 11) is 1.80. The van der Waals surface area contributed by atoms with Gasteiger partial charge in [0.15, 0.2) is 0 Å². The summed E-state index contributed by atoms with van der Waals surface area (Å²) in [5, 5.41) is 2.56. The molecule has 1 fully saturated rings. The van der Waals surface area contributed by atoms with Crippen molar-refractivity contribution in [2.75, 3.05) is 14.3 Å². The van der Waals surface area contributed by atoms with Gasteiger partial charge in [-0.2, -0.15) is 0 Å². The molecule has 0 bridgehead atoms. The Hall–Kier alpha value is -1.13. The number of alkyl halides is 1. The van der Waals surface area contributed by atoms with E-state index in [1.807, 2.05) is 0 Å². The van der Waals surface area contributed by atoms with E-state index in [0.29, 0.717) is 13.1 Å². The third-order valence-corrected chi connectivity index (χ3v) is 2.77. The lowest BCUT2D eigenvalue weighted by Gasteiger charge is -2.26. The van der Waals surface area contributed by atoms with E-state index in [1.54, 1.807) is 0 Å². The van der Waals surface area contributed by atoms with Crippen LogP contribution in [-0.4, -0.2) is 32.7 Å². The number of methoxy groups -OCH3 is 1. The molecule has 0 aromatic carbocycles. The predicted molar refractivity (Wildman–Crippen MR) is 59.0 cm³/mol. The number of hydrogen-bond acceptors (Lipinski definition) is 3. The van der Waals surface area contributed by atoms with Crippen LogP contribution in [0.5, 0.6) is 0 Å². The summed E-state index contributed by atoms with van der Waals surface area (Å²) in [5.74, 6) is 0.292. The summed E-state index contributed by atoms with van der Waals surface area (Å²) in [6, 6.07) is -0.372. The molecular formula is C11H20FNO3. The standard InChI is InChI=1S/C10H17NO3.CH3F/c1-14-10(13)11-9(7-12)8-5-3-2-4-6-8;1-2/h7-9H,2-6H2,1H3,(H,11,13);1H3. The number of carbonyl (C=O) groups is 2. The van der Waals surface area contributed by atoms with Crippen LogP contribution >= 0.6 is 0 Å². The second kappa shape index (κ2) is 9.12. The second-order valence-electron chi connectivity index (χ2n) is 3.70. The van der Waals surface area contributed by atoms with Crippen LogP contribution in [0.1, 0.15) is 32.1 Å². The SMILES string of the molecule is CF.COC(=O)NC(C=O)C1CCCCC1. The summed E-state index contributed by atoms with van der Waals surface area (Å²) in [5.41, 5.74) is 0. The quantitative estimate of drug-likeness (QED) is 0.759. The molecule has 0 aromatic rings. The smallest absolute Gasteiger partial charge is 0.407 e. The zero-order valence-electron chi connectivity index (χ0n) is 9.87. The largest absolute Gasteiger partial charge is 0.453 e. The maximum Gasteiger partial charge on any atom is 0.407 e. The van der Waals surface area contributed by atoms with Gasteiger partial charge in [-0.15, -0.1) is 0 Å². The summed E-state index contributed by atoms with van der Waals surface area (Å²) in [4.78, 5) is 21.7. The van der Waals surface area contributed by atoms with Crippen LogP contribution in [0.3, 0.4) is 0 Å². The highest BCUT2D eigenvalue weighted by Crippen LogP contribution is 2.25. The van der Waals surface area contributed by atoms with Crippen molar-refractivity contribution < 1.29 is 18.7 Å². The summed E-state index contributed by atoms with van der Waals surface area (Å²) in [6.45, 7) is 0. The van der Waals surface area contributed by atoms with Crippen LogP contribution in [0.15, 0.2) is 0 Å². The molecule has 1 N–H and O–H groups in total. The number of amides is 1. The Labute approximate surface area is 95.5 Å². The summed E-state index contributed by atoms with van der Waals surface area (Å²) >= 11 is 0. The van der Waals surface area contributed by atoms with Crippen LogP contribution in [0.2, 0.25) is 0 Å². The minimum atomic E-state index is -0.521. The van der Waals surface area contributed by atoms with E-state index in [1.165, 1.54) is 13.5 Å². The molecular weight excluding hydrogens is 213 g/mol. The molecule has 0 spiro atoms. The van der Waals surface area contributed by atoms with Crippen molar-refractivity contribution in [2.45, 2.75) is 38.1 Å². The molecule has 5 heteroatoms. The van der Waals surface area contributed by atoms with Gasteiger partial charge in [-0.05, 0) is 18.8 Å². The Kier molecular flexibility index (Phi) is 8.48. The van der Waals surface area contributed by atoms with Gasteiger partial charge in [-0.1, -0.05) is 19.3 Å². The lowest BCUT2D eigenvalue weighted by Crippen LogP contribution is -2.42. The Morgan fingerprint density at radius 1 is 1.38 bits per heavy atom. The minimum absolute atomic E-state index is 0.292. The molecule has 1 unspecified atom stereocenters. The fourth-order valence-corrected chi connectivity index (χ4v) is 1.95. The van der Waals surface area contributed by atoms with Gasteiger partial charge in [0, 0.05) is 0 Å². The molecule has 0 radical (unpaired) electrons. The van der Waals surface area contributed by atoms with E-state index in [9.17, 15) is 14.0 Å². The van der Waals surface area contributed by atoms with E-state index in [0.717, 1.165) is 32.0 Å². The summed E-state index contributed by atoms with van der Waals surface area (Å²) < 4.78 is 14.0. The topological polar surface area (TPSA) is 55.4 Å². The first-order valence-electron chi connectivity index (χ1n) is 5.45. The van der Waals surface area contributed by atoms with E-state index in [-0.39, 0.29) is 6.04 Å². The maximum atomic E-state index is 10.9. The van der Waals surface area contributed by atoms with E-state index in [2.05, 4.69) is 10.1 Å². The molecule has 0 heterocycles. The van der Waals surface area contributed by atoms with Crippen molar-refractivity contribution in [3.8, 4) is 0 Å². The highest BCUT2D eigenvalue weighted by Gasteiger charge is 2.24. The molecule has 1 saturated carbocycles. The third-order valence-electron chi connectivity index (χ3n) is 2.77. The molecule has 94 valence electrons. The van der Waals surface area contributed by atoms with Crippen molar-refractivity contribution in [1.29, 1.82) is 0 Å². The van der Waals surface area contributed by atoms with Crippen LogP contribution < -0.4 is 5.32 Å². The maximum absolute atomic E-state index is 10.9. The first-order chi connectivity index (χ1) is 7.77. The lowest BCUT2D eigenvalue weighted by molar-refractivity contribution is -0.110. The molecule has 1 aliphatic rings. The van der Waals surface area contributed by atoms with Gasteiger partial charge in [0.25, 0.3) is 0 Å². The summed E-state index contributed by atoms with van der Waals surface area (Å²) in [6.07, 6.45) is 5.87. The van der Waals surface area contributed by atoms with E-state index >= 15 is 0 Å². The second-order valence-corrected chi connectivity index (χ2v) is 3.70. The van der Waals surface area contributed by atoms with Crippen molar-refractivity contribution in [3.05, 3.63) is 0 Å². The lowest BCUT2D eigenvalue weighted by atomic mass is 9.84. The van der Waals surface area contributed by atoms with Gasteiger partial charge < -0.3 is 14.8 Å². The number of hydrogen-bond donors (Lipinski definition) is 1. The molecule has 1 atom stereocenters. The van der Waals surface area contributed by atoms with Gasteiger partial charge in [0.05, 0.1) is 20.3 Å². The fourth-order valence-electron chi connectivity index (χ4n) is 1.95. The number of rotatable bonds is 3. The van der Waals surface area contributed by atoms with Crippen LogP contribution in [0.25, 0.3) is 0 Å². The fraction of sp³-hybridized carbons (Fsp3) is 0.818. The number of ether oxygens (including phenoxy) is 1. The van der Waals surface area contributed by atoms with Crippen molar-refractivity contribution in [2.24, 2.45) is 5.92 Å². The normalized spacial score (nSPS) is 17.7. The van der Waals surface area contributed by atoms with Gasteiger partial charge in [-0.25, -0.2) is 4.79 Å². The highest BCUT2D eigenvalue weighted by molar-refractivity contribution is 5.73. The molecule has 0 aliphatic heterocycles. The number of aldehydes is 1. The molecule has 1 rings (SSSR count). The van der Waals surface area contributed by atoms with Gasteiger partial charge in [0.1, 0.15) is 6.29 Å². The Balaban J connectivity index is 0.00000106. The zero-order chi connectivity index (χ0) is 12.4. The Bertz CT molecular complexity index is 205. The monoisotopic (exact) mass is 233 g/mol. The van der Waals surface area contributed by atoms with Gasteiger partial charge in [-0.3, -0.25) is 4.39 Å². The minimum Gasteiger partial charge on any atom is -0.453 e. The first-order valence-corrected chi connectivity index (χ1v) is 5.45. The molecule has 1 amide bonds.